The summed E-state index contributed by atoms with van der Waals surface area (Å²) in [6.45, 7) is 8.85. The summed E-state index contributed by atoms with van der Waals surface area (Å²) in [4.78, 5) is 13.4. The van der Waals surface area contributed by atoms with E-state index in [-0.39, 0.29) is 29.3 Å². The zero-order chi connectivity index (χ0) is 23.8. The number of rotatable bonds is 5. The Kier molecular flexibility index (Phi) is 6.59. The van der Waals surface area contributed by atoms with Crippen LogP contribution in [0.25, 0.3) is 10.8 Å². The van der Waals surface area contributed by atoms with Gasteiger partial charge in [-0.1, -0.05) is 42.5 Å². The topological polar surface area (TPSA) is 66.5 Å². The Morgan fingerprint density at radius 2 is 1.67 bits per heavy atom. The lowest BCUT2D eigenvalue weighted by molar-refractivity contribution is -0.126. The summed E-state index contributed by atoms with van der Waals surface area (Å²) in [7, 11) is -3.66. The van der Waals surface area contributed by atoms with Crippen LogP contribution in [0, 0.1) is 26.7 Å². The van der Waals surface area contributed by atoms with Gasteiger partial charge in [-0.25, -0.2) is 8.42 Å². The highest BCUT2D eigenvalue weighted by Crippen LogP contribution is 2.27. The third kappa shape index (κ3) is 4.82. The summed E-state index contributed by atoms with van der Waals surface area (Å²) in [5, 5.41) is 5.02. The fraction of sp³-hybridized carbons (Fsp3) is 0.370. The van der Waals surface area contributed by atoms with Gasteiger partial charge in [-0.15, -0.1) is 0 Å². The maximum atomic E-state index is 13.4. The van der Waals surface area contributed by atoms with E-state index in [1.54, 1.807) is 12.1 Å². The van der Waals surface area contributed by atoms with Crippen molar-refractivity contribution in [3.05, 3.63) is 76.9 Å². The number of benzene rings is 3. The van der Waals surface area contributed by atoms with Crippen LogP contribution in [0.3, 0.4) is 0 Å². The molecule has 1 N–H and O–H groups in total. The minimum atomic E-state index is -3.66. The second-order valence-electron chi connectivity index (χ2n) is 9.23. The Hall–Kier alpha value is -2.70. The molecule has 0 aliphatic carbocycles. The van der Waals surface area contributed by atoms with Gasteiger partial charge in [0, 0.05) is 13.1 Å². The normalized spacial score (nSPS) is 18.2. The van der Waals surface area contributed by atoms with Gasteiger partial charge in [0.25, 0.3) is 0 Å². The molecule has 1 aliphatic rings. The number of piperidine rings is 1. The van der Waals surface area contributed by atoms with Crippen LogP contribution in [-0.2, 0) is 14.8 Å². The number of amides is 1. The highest BCUT2D eigenvalue weighted by Gasteiger charge is 2.34. The molecule has 0 radical (unpaired) electrons. The summed E-state index contributed by atoms with van der Waals surface area (Å²) in [6.07, 6.45) is 1.36. The van der Waals surface area contributed by atoms with Gasteiger partial charge in [0.15, 0.2) is 0 Å². The van der Waals surface area contributed by atoms with Gasteiger partial charge < -0.3 is 5.32 Å². The minimum absolute atomic E-state index is 0.0847. The average molecular weight is 465 g/mol. The van der Waals surface area contributed by atoms with Crippen LogP contribution in [0.15, 0.2) is 59.5 Å². The van der Waals surface area contributed by atoms with Crippen molar-refractivity contribution in [2.24, 2.45) is 5.92 Å². The van der Waals surface area contributed by atoms with Crippen molar-refractivity contribution in [2.45, 2.75) is 51.5 Å². The average Bonchev–Trinajstić information content (AvgIpc) is 2.81. The fourth-order valence-corrected chi connectivity index (χ4v) is 6.27. The zero-order valence-electron chi connectivity index (χ0n) is 19.8. The molecular formula is C27H32N2O3S. The van der Waals surface area contributed by atoms with Gasteiger partial charge in [-0.05, 0) is 85.7 Å². The molecule has 1 heterocycles. The van der Waals surface area contributed by atoms with E-state index in [2.05, 4.69) is 38.2 Å². The molecule has 0 bridgehead atoms. The third-order valence-electron chi connectivity index (χ3n) is 6.82. The van der Waals surface area contributed by atoms with Crippen LogP contribution >= 0.6 is 0 Å². The van der Waals surface area contributed by atoms with Gasteiger partial charge in [0.1, 0.15) is 0 Å². The molecule has 5 nitrogen and oxygen atoms in total. The molecule has 1 fully saturated rings. The molecular weight excluding hydrogens is 432 g/mol. The maximum Gasteiger partial charge on any atom is 0.243 e. The summed E-state index contributed by atoms with van der Waals surface area (Å²) in [5.41, 5.74) is 4.68. The molecule has 6 heteroatoms. The van der Waals surface area contributed by atoms with Crippen molar-refractivity contribution in [1.29, 1.82) is 0 Å². The van der Waals surface area contributed by atoms with Gasteiger partial charge in [0.05, 0.1) is 16.9 Å². The number of hydrogen-bond acceptors (Lipinski definition) is 3. The van der Waals surface area contributed by atoms with Crippen LogP contribution < -0.4 is 5.32 Å². The molecule has 0 saturated carbocycles. The number of aryl methyl sites for hydroxylation is 3. The predicted molar refractivity (Wildman–Crippen MR) is 133 cm³/mol. The van der Waals surface area contributed by atoms with Crippen LogP contribution in [0.1, 0.15) is 48.1 Å². The number of carbonyl (C=O) groups excluding carboxylic acids is 1. The molecule has 1 saturated heterocycles. The molecule has 174 valence electrons. The van der Waals surface area contributed by atoms with E-state index >= 15 is 0 Å². The van der Waals surface area contributed by atoms with Gasteiger partial charge >= 0.3 is 0 Å². The Morgan fingerprint density at radius 3 is 2.42 bits per heavy atom. The quantitative estimate of drug-likeness (QED) is 0.575. The van der Waals surface area contributed by atoms with E-state index in [4.69, 9.17) is 0 Å². The molecule has 3 aromatic rings. The summed E-state index contributed by atoms with van der Waals surface area (Å²) in [6, 6.07) is 17.1. The number of sulfonamides is 1. The molecule has 0 aromatic heterocycles. The van der Waals surface area contributed by atoms with Crippen LogP contribution in [-0.4, -0.2) is 31.7 Å². The van der Waals surface area contributed by atoms with E-state index in [1.807, 2.05) is 37.3 Å². The van der Waals surface area contributed by atoms with Gasteiger partial charge in [-0.2, -0.15) is 4.31 Å². The molecule has 0 unspecified atom stereocenters. The first-order valence-corrected chi connectivity index (χ1v) is 13.0. The highest BCUT2D eigenvalue weighted by molar-refractivity contribution is 7.89. The smallest absolute Gasteiger partial charge is 0.243 e. The lowest BCUT2D eigenvalue weighted by Crippen LogP contribution is -2.45. The van der Waals surface area contributed by atoms with Crippen LogP contribution in [0.4, 0.5) is 0 Å². The fourth-order valence-electron chi connectivity index (χ4n) is 4.71. The molecule has 4 rings (SSSR count). The molecule has 0 spiro atoms. The number of nitrogens with one attached hydrogen (secondary N) is 1. The lowest BCUT2D eigenvalue weighted by atomic mass is 9.95. The van der Waals surface area contributed by atoms with Crippen molar-refractivity contribution in [2.75, 3.05) is 13.1 Å². The number of carbonyl (C=O) groups is 1. The number of fused-ring (bicyclic) bond motifs is 1. The standard InChI is InChI=1S/C27H32N2O3S/c1-18-14-20(3)26(15-19(18)2)21(4)28-27(30)24-10-7-13-29(17-24)33(31,32)25-12-11-22-8-5-6-9-23(22)16-25/h5-6,8-9,11-12,14-16,21,24H,7,10,13,17H2,1-4H3,(H,28,30)/t21-,24+/m0/s1. The SMILES string of the molecule is Cc1cc(C)c([C@H](C)NC(=O)[C@@H]2CCCN(S(=O)(=O)c3ccc4ccccc4c3)C2)cc1C. The monoisotopic (exact) mass is 464 g/mol. The first-order chi connectivity index (χ1) is 15.7. The first-order valence-electron chi connectivity index (χ1n) is 11.5. The third-order valence-corrected chi connectivity index (χ3v) is 8.68. The second-order valence-corrected chi connectivity index (χ2v) is 11.2. The van der Waals surface area contributed by atoms with Crippen molar-refractivity contribution in [3.63, 3.8) is 0 Å². The van der Waals surface area contributed by atoms with Crippen molar-refractivity contribution in [1.82, 2.24) is 9.62 Å². The second kappa shape index (κ2) is 9.27. The molecule has 33 heavy (non-hydrogen) atoms. The van der Waals surface area contributed by atoms with E-state index in [0.717, 1.165) is 21.9 Å². The van der Waals surface area contributed by atoms with Crippen LogP contribution in [0.2, 0.25) is 0 Å². The van der Waals surface area contributed by atoms with E-state index in [9.17, 15) is 13.2 Å². The van der Waals surface area contributed by atoms with Gasteiger partial charge in [-0.3, -0.25) is 4.79 Å². The largest absolute Gasteiger partial charge is 0.349 e. The molecule has 1 aliphatic heterocycles. The van der Waals surface area contributed by atoms with Crippen molar-refractivity contribution in [3.8, 4) is 0 Å². The van der Waals surface area contributed by atoms with E-state index in [0.29, 0.717) is 19.4 Å². The zero-order valence-corrected chi connectivity index (χ0v) is 20.6. The van der Waals surface area contributed by atoms with Crippen molar-refractivity contribution >= 4 is 26.7 Å². The number of hydrogen-bond donors (Lipinski definition) is 1. The predicted octanol–water partition coefficient (Wildman–Crippen LogP) is 5.04. The molecule has 1 amide bonds. The Labute approximate surface area is 196 Å². The van der Waals surface area contributed by atoms with E-state index < -0.39 is 10.0 Å². The Bertz CT molecular complexity index is 1300. The lowest BCUT2D eigenvalue weighted by Gasteiger charge is -2.32. The highest BCUT2D eigenvalue weighted by atomic mass is 32.2. The number of nitrogens with zero attached hydrogens (tertiary/aromatic N) is 1. The minimum Gasteiger partial charge on any atom is -0.349 e. The molecule has 2 atom stereocenters. The first kappa shape index (κ1) is 23.5. The maximum absolute atomic E-state index is 13.4. The van der Waals surface area contributed by atoms with Crippen LogP contribution in [0.5, 0.6) is 0 Å². The van der Waals surface area contributed by atoms with Crippen molar-refractivity contribution < 1.29 is 13.2 Å². The van der Waals surface area contributed by atoms with E-state index in [1.165, 1.54) is 15.4 Å². The summed E-state index contributed by atoms with van der Waals surface area (Å²) < 4.78 is 28.2. The Morgan fingerprint density at radius 1 is 0.970 bits per heavy atom. The Balaban J connectivity index is 1.49. The van der Waals surface area contributed by atoms with Gasteiger partial charge in [0.2, 0.25) is 15.9 Å². The molecule has 3 aromatic carbocycles. The summed E-state index contributed by atoms with van der Waals surface area (Å²) >= 11 is 0. The summed E-state index contributed by atoms with van der Waals surface area (Å²) in [5.74, 6) is -0.443.